The van der Waals surface area contributed by atoms with E-state index in [4.69, 9.17) is 0 Å². The summed E-state index contributed by atoms with van der Waals surface area (Å²) < 4.78 is 0. The summed E-state index contributed by atoms with van der Waals surface area (Å²) in [5.41, 5.74) is 2.33. The SMILES string of the molecule is Cc1cncnc1N1CC2CN(C(=O)c3cnn(-c4ccccc4)n3)CC2C1. The molecule has 4 heterocycles. The maximum atomic E-state index is 12.9. The van der Waals surface area contributed by atoms with Gasteiger partial charge in [-0.2, -0.15) is 9.90 Å². The van der Waals surface area contributed by atoms with Crippen LogP contribution < -0.4 is 4.90 Å². The standard InChI is InChI=1S/C20H21N7O/c1-14-7-21-13-22-19(14)25-9-15-11-26(12-16(15)10-25)20(28)18-8-23-27(24-18)17-5-3-2-4-6-17/h2-8,13,15-16H,9-12H2,1H3. The molecule has 2 aliphatic heterocycles. The number of aryl methyl sites for hydroxylation is 1. The molecule has 8 nitrogen and oxygen atoms in total. The topological polar surface area (TPSA) is 80.0 Å². The number of nitrogens with zero attached hydrogens (tertiary/aromatic N) is 7. The van der Waals surface area contributed by atoms with Crippen LogP contribution in [0, 0.1) is 18.8 Å². The number of hydrogen-bond donors (Lipinski definition) is 0. The van der Waals surface area contributed by atoms with Crippen molar-refractivity contribution in [3.8, 4) is 5.69 Å². The predicted octanol–water partition coefficient (Wildman–Crippen LogP) is 1.57. The molecule has 2 unspecified atom stereocenters. The zero-order chi connectivity index (χ0) is 19.1. The van der Waals surface area contributed by atoms with Gasteiger partial charge in [-0.15, -0.1) is 5.10 Å². The fourth-order valence-corrected chi connectivity index (χ4v) is 4.26. The molecule has 3 aromatic rings. The number of carbonyl (C=O) groups is 1. The fraction of sp³-hybridized carbons (Fsp3) is 0.350. The molecule has 2 fully saturated rings. The number of fused-ring (bicyclic) bond motifs is 1. The van der Waals surface area contributed by atoms with Gasteiger partial charge in [-0.25, -0.2) is 9.97 Å². The van der Waals surface area contributed by atoms with E-state index in [9.17, 15) is 4.79 Å². The van der Waals surface area contributed by atoms with Crippen LogP contribution in [0.25, 0.3) is 5.69 Å². The van der Waals surface area contributed by atoms with Gasteiger partial charge in [0.05, 0.1) is 11.9 Å². The van der Waals surface area contributed by atoms with Gasteiger partial charge in [0.1, 0.15) is 12.1 Å². The second-order valence-electron chi connectivity index (χ2n) is 7.52. The van der Waals surface area contributed by atoms with E-state index in [2.05, 4.69) is 25.1 Å². The van der Waals surface area contributed by atoms with Crippen LogP contribution in [0.2, 0.25) is 0 Å². The van der Waals surface area contributed by atoms with Gasteiger partial charge in [-0.3, -0.25) is 4.79 Å². The largest absolute Gasteiger partial charge is 0.356 e. The maximum Gasteiger partial charge on any atom is 0.276 e. The van der Waals surface area contributed by atoms with Crippen molar-refractivity contribution in [2.75, 3.05) is 31.1 Å². The van der Waals surface area contributed by atoms with Crippen LogP contribution in [0.3, 0.4) is 0 Å². The smallest absolute Gasteiger partial charge is 0.276 e. The van der Waals surface area contributed by atoms with Gasteiger partial charge >= 0.3 is 0 Å². The van der Waals surface area contributed by atoms with E-state index in [-0.39, 0.29) is 5.91 Å². The van der Waals surface area contributed by atoms with Crippen molar-refractivity contribution in [2.24, 2.45) is 11.8 Å². The van der Waals surface area contributed by atoms with E-state index < -0.39 is 0 Å². The highest BCUT2D eigenvalue weighted by Gasteiger charge is 2.42. The van der Waals surface area contributed by atoms with Gasteiger partial charge in [0.25, 0.3) is 5.91 Å². The molecule has 2 atom stereocenters. The molecule has 5 rings (SSSR count). The monoisotopic (exact) mass is 375 g/mol. The van der Waals surface area contributed by atoms with E-state index >= 15 is 0 Å². The van der Waals surface area contributed by atoms with Crippen LogP contribution in [0.15, 0.2) is 49.1 Å². The second-order valence-corrected chi connectivity index (χ2v) is 7.52. The van der Waals surface area contributed by atoms with Crippen LogP contribution in [-0.2, 0) is 0 Å². The average Bonchev–Trinajstić information content (AvgIpc) is 3.43. The average molecular weight is 375 g/mol. The number of rotatable bonds is 3. The number of aromatic nitrogens is 5. The first kappa shape index (κ1) is 16.9. The number of hydrogen-bond acceptors (Lipinski definition) is 6. The highest BCUT2D eigenvalue weighted by molar-refractivity contribution is 5.92. The third-order valence-corrected chi connectivity index (χ3v) is 5.64. The van der Waals surface area contributed by atoms with Gasteiger partial charge in [0.15, 0.2) is 5.69 Å². The molecule has 2 aromatic heterocycles. The Morgan fingerprint density at radius 2 is 1.79 bits per heavy atom. The molecule has 1 amide bonds. The van der Waals surface area contributed by atoms with Gasteiger partial charge in [0, 0.05) is 49.8 Å². The molecule has 28 heavy (non-hydrogen) atoms. The summed E-state index contributed by atoms with van der Waals surface area (Å²) in [5, 5.41) is 8.63. The first-order valence-electron chi connectivity index (χ1n) is 9.47. The summed E-state index contributed by atoms with van der Waals surface area (Å²) in [4.78, 5) is 27.2. The molecule has 2 aliphatic rings. The first-order chi connectivity index (χ1) is 13.7. The van der Waals surface area contributed by atoms with E-state index in [1.54, 1.807) is 12.5 Å². The van der Waals surface area contributed by atoms with Crippen molar-refractivity contribution < 1.29 is 4.79 Å². The Bertz CT molecular complexity index is 989. The van der Waals surface area contributed by atoms with Gasteiger partial charge < -0.3 is 9.80 Å². The lowest BCUT2D eigenvalue weighted by Gasteiger charge is -2.22. The Kier molecular flexibility index (Phi) is 4.03. The van der Waals surface area contributed by atoms with E-state index in [0.717, 1.165) is 43.2 Å². The Labute approximate surface area is 162 Å². The van der Waals surface area contributed by atoms with Crippen molar-refractivity contribution in [1.29, 1.82) is 0 Å². The first-order valence-corrected chi connectivity index (χ1v) is 9.47. The predicted molar refractivity (Wildman–Crippen MR) is 103 cm³/mol. The molecule has 0 spiro atoms. The second kappa shape index (κ2) is 6.70. The summed E-state index contributed by atoms with van der Waals surface area (Å²) in [6.45, 7) is 5.38. The fourth-order valence-electron chi connectivity index (χ4n) is 4.26. The lowest BCUT2D eigenvalue weighted by Crippen LogP contribution is -2.34. The number of amides is 1. The summed E-state index contributed by atoms with van der Waals surface area (Å²) in [6.07, 6.45) is 5.00. The van der Waals surface area contributed by atoms with E-state index in [0.29, 0.717) is 17.5 Å². The van der Waals surface area contributed by atoms with Gasteiger partial charge in [-0.05, 0) is 19.1 Å². The summed E-state index contributed by atoms with van der Waals surface area (Å²) in [5.74, 6) is 1.89. The number of anilines is 1. The number of likely N-dealkylation sites (tertiary alicyclic amines) is 1. The quantitative estimate of drug-likeness (QED) is 0.691. The van der Waals surface area contributed by atoms with Crippen LogP contribution in [0.1, 0.15) is 16.1 Å². The zero-order valence-electron chi connectivity index (χ0n) is 15.6. The molecule has 2 saturated heterocycles. The van der Waals surface area contributed by atoms with Crippen molar-refractivity contribution in [1.82, 2.24) is 29.9 Å². The third kappa shape index (κ3) is 2.90. The molecule has 0 aliphatic carbocycles. The van der Waals surface area contributed by atoms with Crippen molar-refractivity contribution >= 4 is 11.7 Å². The Balaban J connectivity index is 1.26. The molecule has 0 radical (unpaired) electrons. The minimum Gasteiger partial charge on any atom is -0.356 e. The maximum absolute atomic E-state index is 12.9. The molecule has 142 valence electrons. The summed E-state index contributed by atoms with van der Waals surface area (Å²) in [6, 6.07) is 9.62. The summed E-state index contributed by atoms with van der Waals surface area (Å²) >= 11 is 0. The Morgan fingerprint density at radius 1 is 1.04 bits per heavy atom. The molecule has 0 saturated carbocycles. The van der Waals surface area contributed by atoms with Crippen LogP contribution in [0.4, 0.5) is 5.82 Å². The molecule has 8 heteroatoms. The lowest BCUT2D eigenvalue weighted by molar-refractivity contribution is 0.0776. The minimum absolute atomic E-state index is 0.0404. The van der Waals surface area contributed by atoms with Crippen LogP contribution in [0.5, 0.6) is 0 Å². The Morgan fingerprint density at radius 3 is 2.50 bits per heavy atom. The van der Waals surface area contributed by atoms with Gasteiger partial charge in [0.2, 0.25) is 0 Å². The minimum atomic E-state index is -0.0404. The summed E-state index contributed by atoms with van der Waals surface area (Å²) in [7, 11) is 0. The molecular formula is C20H21N7O. The van der Waals surface area contributed by atoms with Crippen molar-refractivity contribution in [3.05, 3.63) is 60.3 Å². The highest BCUT2D eigenvalue weighted by Crippen LogP contribution is 2.34. The number of para-hydroxylation sites is 1. The highest BCUT2D eigenvalue weighted by atomic mass is 16.2. The van der Waals surface area contributed by atoms with Crippen LogP contribution >= 0.6 is 0 Å². The molecular weight excluding hydrogens is 354 g/mol. The zero-order valence-corrected chi connectivity index (χ0v) is 15.6. The molecule has 0 N–H and O–H groups in total. The van der Waals surface area contributed by atoms with Crippen molar-refractivity contribution in [3.63, 3.8) is 0 Å². The normalized spacial score (nSPS) is 21.2. The van der Waals surface area contributed by atoms with Gasteiger partial charge in [-0.1, -0.05) is 18.2 Å². The van der Waals surface area contributed by atoms with Crippen molar-refractivity contribution in [2.45, 2.75) is 6.92 Å². The van der Waals surface area contributed by atoms with E-state index in [1.165, 1.54) is 4.80 Å². The number of carbonyl (C=O) groups excluding carboxylic acids is 1. The molecule has 0 bridgehead atoms. The van der Waals surface area contributed by atoms with E-state index in [1.807, 2.05) is 48.4 Å². The number of benzene rings is 1. The van der Waals surface area contributed by atoms with Crippen LogP contribution in [-0.4, -0.2) is 61.9 Å². The Hall–Kier alpha value is -3.29. The lowest BCUT2D eigenvalue weighted by atomic mass is 10.0. The third-order valence-electron chi connectivity index (χ3n) is 5.64. The molecule has 1 aromatic carbocycles.